The van der Waals surface area contributed by atoms with Gasteiger partial charge in [0, 0.05) is 37.0 Å². The summed E-state index contributed by atoms with van der Waals surface area (Å²) < 4.78 is 5.24. The standard InChI is InChI=1S/C24H28N4O4/c1-32-18-4-2-3-15(11-18)12-21(29)27-9-7-17(13-27)22-25-20-14-28(24(31)16-5-6-16)10-8-19(20)23(30)26-22/h2-4,11,16-17H,5-10,12-14H2,1H3,(H,25,26,30)/t17-/m1/s1. The Labute approximate surface area is 186 Å². The first-order valence-corrected chi connectivity index (χ1v) is 11.3. The Morgan fingerprint density at radius 1 is 1.19 bits per heavy atom. The second-order valence-electron chi connectivity index (χ2n) is 9.01. The van der Waals surface area contributed by atoms with Crippen molar-refractivity contribution in [3.05, 3.63) is 57.3 Å². The van der Waals surface area contributed by atoms with Crippen molar-refractivity contribution in [3.63, 3.8) is 0 Å². The number of carbonyl (C=O) groups is 2. The summed E-state index contributed by atoms with van der Waals surface area (Å²) in [5, 5.41) is 0. The minimum Gasteiger partial charge on any atom is -0.497 e. The molecule has 2 aliphatic heterocycles. The van der Waals surface area contributed by atoms with Crippen LogP contribution in [0.5, 0.6) is 5.75 Å². The lowest BCUT2D eigenvalue weighted by molar-refractivity contribution is -0.133. The van der Waals surface area contributed by atoms with Crippen molar-refractivity contribution in [3.8, 4) is 5.75 Å². The maximum Gasteiger partial charge on any atom is 0.254 e. The molecule has 32 heavy (non-hydrogen) atoms. The van der Waals surface area contributed by atoms with E-state index in [2.05, 4.69) is 4.98 Å². The molecule has 2 aromatic rings. The zero-order valence-electron chi connectivity index (χ0n) is 18.3. The number of hydrogen-bond donors (Lipinski definition) is 1. The van der Waals surface area contributed by atoms with Crippen LogP contribution < -0.4 is 10.3 Å². The van der Waals surface area contributed by atoms with Gasteiger partial charge in [0.1, 0.15) is 11.6 Å². The van der Waals surface area contributed by atoms with Crippen molar-refractivity contribution in [2.45, 2.75) is 44.6 Å². The average molecular weight is 437 g/mol. The summed E-state index contributed by atoms with van der Waals surface area (Å²) in [5.41, 5.74) is 2.21. The Balaban J connectivity index is 1.27. The number of hydrogen-bond acceptors (Lipinski definition) is 5. The first-order valence-electron chi connectivity index (χ1n) is 11.3. The van der Waals surface area contributed by atoms with Gasteiger partial charge in [-0.3, -0.25) is 14.4 Å². The van der Waals surface area contributed by atoms with Crippen LogP contribution in [0.3, 0.4) is 0 Å². The van der Waals surface area contributed by atoms with Crippen molar-refractivity contribution in [1.82, 2.24) is 19.8 Å². The highest BCUT2D eigenvalue weighted by atomic mass is 16.5. The van der Waals surface area contributed by atoms with E-state index in [9.17, 15) is 14.4 Å². The average Bonchev–Trinajstić information content (AvgIpc) is 3.53. The van der Waals surface area contributed by atoms with E-state index in [0.29, 0.717) is 56.1 Å². The zero-order valence-corrected chi connectivity index (χ0v) is 18.3. The van der Waals surface area contributed by atoms with Gasteiger partial charge in [0.05, 0.1) is 25.8 Å². The maximum atomic E-state index is 12.8. The van der Waals surface area contributed by atoms with Crippen molar-refractivity contribution >= 4 is 11.8 Å². The molecular weight excluding hydrogens is 408 g/mol. The van der Waals surface area contributed by atoms with Gasteiger partial charge in [-0.05, 0) is 43.4 Å². The number of H-pyrrole nitrogens is 1. The molecule has 8 heteroatoms. The molecule has 0 bridgehead atoms. The number of aromatic amines is 1. The number of nitrogens with one attached hydrogen (secondary N) is 1. The highest BCUT2D eigenvalue weighted by Crippen LogP contribution is 2.32. The van der Waals surface area contributed by atoms with Crippen molar-refractivity contribution in [2.75, 3.05) is 26.7 Å². The van der Waals surface area contributed by atoms with E-state index >= 15 is 0 Å². The van der Waals surface area contributed by atoms with Crippen LogP contribution in [0.4, 0.5) is 0 Å². The Hall–Kier alpha value is -3.16. The summed E-state index contributed by atoms with van der Waals surface area (Å²) in [6.07, 6.45) is 3.56. The number of rotatable bonds is 5. The molecule has 168 valence electrons. The van der Waals surface area contributed by atoms with Crippen LogP contribution in [0.15, 0.2) is 29.1 Å². The fourth-order valence-electron chi connectivity index (χ4n) is 4.71. The van der Waals surface area contributed by atoms with E-state index in [1.807, 2.05) is 34.1 Å². The van der Waals surface area contributed by atoms with Gasteiger partial charge in [-0.25, -0.2) is 4.98 Å². The molecule has 0 radical (unpaired) electrons. The molecule has 2 amide bonds. The van der Waals surface area contributed by atoms with Crippen LogP contribution in [-0.2, 0) is 29.0 Å². The Morgan fingerprint density at radius 3 is 2.81 bits per heavy atom. The molecule has 1 saturated heterocycles. The fourth-order valence-corrected chi connectivity index (χ4v) is 4.71. The van der Waals surface area contributed by atoms with E-state index in [4.69, 9.17) is 9.72 Å². The normalized spacial score (nSPS) is 20.2. The molecule has 3 heterocycles. The highest BCUT2D eigenvalue weighted by Gasteiger charge is 2.36. The molecule has 5 rings (SSSR count). The predicted octanol–water partition coefficient (Wildman–Crippen LogP) is 1.63. The summed E-state index contributed by atoms with van der Waals surface area (Å²) in [6.45, 7) is 2.17. The second kappa shape index (κ2) is 8.41. The first kappa shape index (κ1) is 20.7. The molecule has 1 N–H and O–H groups in total. The molecule has 1 aliphatic carbocycles. The van der Waals surface area contributed by atoms with Crippen molar-refractivity contribution in [2.24, 2.45) is 5.92 Å². The third kappa shape index (κ3) is 4.13. The number of aromatic nitrogens is 2. The zero-order chi connectivity index (χ0) is 22.2. The van der Waals surface area contributed by atoms with E-state index in [-0.39, 0.29) is 29.2 Å². The van der Waals surface area contributed by atoms with Gasteiger partial charge in [-0.15, -0.1) is 0 Å². The summed E-state index contributed by atoms with van der Waals surface area (Å²) in [6, 6.07) is 7.54. The fraction of sp³-hybridized carbons (Fsp3) is 0.500. The monoisotopic (exact) mass is 436 g/mol. The number of nitrogens with zero attached hydrogens (tertiary/aromatic N) is 3. The van der Waals surface area contributed by atoms with Gasteiger partial charge in [-0.2, -0.15) is 0 Å². The van der Waals surface area contributed by atoms with E-state index in [1.54, 1.807) is 7.11 Å². The number of carbonyl (C=O) groups excluding carboxylic acids is 2. The number of benzene rings is 1. The number of amides is 2. The number of methoxy groups -OCH3 is 1. The minimum absolute atomic E-state index is 0.00299. The molecule has 1 aromatic heterocycles. The van der Waals surface area contributed by atoms with Crippen molar-refractivity contribution < 1.29 is 14.3 Å². The predicted molar refractivity (Wildman–Crippen MR) is 117 cm³/mol. The van der Waals surface area contributed by atoms with E-state index in [1.165, 1.54) is 0 Å². The lowest BCUT2D eigenvalue weighted by Crippen LogP contribution is -2.40. The van der Waals surface area contributed by atoms with Gasteiger partial charge in [0.15, 0.2) is 0 Å². The van der Waals surface area contributed by atoms with Gasteiger partial charge in [0.2, 0.25) is 11.8 Å². The largest absolute Gasteiger partial charge is 0.497 e. The Bertz CT molecular complexity index is 1110. The Kier molecular flexibility index (Phi) is 5.45. The lowest BCUT2D eigenvalue weighted by Gasteiger charge is -2.28. The third-order valence-electron chi connectivity index (χ3n) is 6.75. The van der Waals surface area contributed by atoms with Gasteiger partial charge in [-0.1, -0.05) is 12.1 Å². The smallest absolute Gasteiger partial charge is 0.254 e. The SMILES string of the molecule is COc1cccc(CC(=O)N2CC[C@@H](c3nc4c(c(=O)[nH]3)CCN(C(=O)C3CC3)C4)C2)c1. The van der Waals surface area contributed by atoms with Crippen LogP contribution in [0.1, 0.15) is 47.8 Å². The van der Waals surface area contributed by atoms with E-state index in [0.717, 1.165) is 30.6 Å². The van der Waals surface area contributed by atoms with Crippen LogP contribution in [-0.4, -0.2) is 58.3 Å². The Morgan fingerprint density at radius 2 is 2.03 bits per heavy atom. The molecule has 0 unspecified atom stereocenters. The maximum absolute atomic E-state index is 12.8. The van der Waals surface area contributed by atoms with Gasteiger partial charge >= 0.3 is 0 Å². The topological polar surface area (TPSA) is 95.6 Å². The quantitative estimate of drug-likeness (QED) is 0.769. The van der Waals surface area contributed by atoms with Crippen LogP contribution >= 0.6 is 0 Å². The highest BCUT2D eigenvalue weighted by molar-refractivity contribution is 5.81. The third-order valence-corrected chi connectivity index (χ3v) is 6.75. The summed E-state index contributed by atoms with van der Waals surface area (Å²) >= 11 is 0. The molecule has 8 nitrogen and oxygen atoms in total. The summed E-state index contributed by atoms with van der Waals surface area (Å²) in [4.78, 5) is 49.4. The number of likely N-dealkylation sites (tertiary alicyclic amines) is 1. The van der Waals surface area contributed by atoms with Crippen LogP contribution in [0, 0.1) is 5.92 Å². The van der Waals surface area contributed by atoms with Crippen LogP contribution in [0.2, 0.25) is 0 Å². The molecule has 1 atom stereocenters. The molecule has 1 aromatic carbocycles. The molecular formula is C24H28N4O4. The number of ether oxygens (including phenoxy) is 1. The van der Waals surface area contributed by atoms with Gasteiger partial charge in [0.25, 0.3) is 5.56 Å². The minimum atomic E-state index is -0.107. The van der Waals surface area contributed by atoms with Crippen LogP contribution in [0.25, 0.3) is 0 Å². The molecule has 3 aliphatic rings. The molecule has 0 spiro atoms. The summed E-state index contributed by atoms with van der Waals surface area (Å²) in [5.74, 6) is 1.77. The second-order valence-corrected chi connectivity index (χ2v) is 9.01. The molecule has 1 saturated carbocycles. The number of fused-ring (bicyclic) bond motifs is 1. The summed E-state index contributed by atoms with van der Waals surface area (Å²) in [7, 11) is 1.61. The van der Waals surface area contributed by atoms with Gasteiger partial charge < -0.3 is 19.5 Å². The molecule has 2 fully saturated rings. The first-order chi connectivity index (χ1) is 15.5. The lowest BCUT2D eigenvalue weighted by atomic mass is 10.0. The van der Waals surface area contributed by atoms with Crippen molar-refractivity contribution in [1.29, 1.82) is 0 Å². The van der Waals surface area contributed by atoms with E-state index < -0.39 is 0 Å².